The SMILES string of the molecule is Cc1ccc(S(=O)(=O)N2CCN([C@H](C)[C@](O)(Cn3cncn3)c3ccc(F)cc3F)CC2)cc1. The van der Waals surface area contributed by atoms with Crippen LogP contribution in [-0.4, -0.2) is 69.7 Å². The molecule has 1 aromatic heterocycles. The van der Waals surface area contributed by atoms with Gasteiger partial charge in [0.15, 0.2) is 0 Å². The fourth-order valence-corrected chi connectivity index (χ4v) is 5.76. The topological polar surface area (TPSA) is 91.6 Å². The first-order chi connectivity index (χ1) is 16.1. The van der Waals surface area contributed by atoms with Gasteiger partial charge in [0.1, 0.15) is 29.9 Å². The van der Waals surface area contributed by atoms with E-state index < -0.39 is 33.3 Å². The quantitative estimate of drug-likeness (QED) is 0.545. The summed E-state index contributed by atoms with van der Waals surface area (Å²) in [5.74, 6) is -1.61. The first-order valence-corrected chi connectivity index (χ1v) is 12.4. The lowest BCUT2D eigenvalue weighted by molar-refractivity contribution is -0.0699. The minimum Gasteiger partial charge on any atom is -0.381 e. The van der Waals surface area contributed by atoms with E-state index in [4.69, 9.17) is 0 Å². The van der Waals surface area contributed by atoms with Crippen LogP contribution in [0, 0.1) is 18.6 Å². The first-order valence-electron chi connectivity index (χ1n) is 10.9. The molecular formula is C23H27F2N5O3S. The third-order valence-electron chi connectivity index (χ3n) is 6.44. The molecule has 1 aliphatic rings. The number of hydrogen-bond donors (Lipinski definition) is 1. The summed E-state index contributed by atoms with van der Waals surface area (Å²) in [5, 5.41) is 15.8. The minimum absolute atomic E-state index is 0.0633. The average Bonchev–Trinajstić information content (AvgIpc) is 3.31. The van der Waals surface area contributed by atoms with Gasteiger partial charge >= 0.3 is 0 Å². The Morgan fingerprint density at radius 3 is 2.35 bits per heavy atom. The average molecular weight is 492 g/mol. The van der Waals surface area contributed by atoms with Crippen LogP contribution in [0.5, 0.6) is 0 Å². The molecule has 1 aliphatic heterocycles. The maximum atomic E-state index is 14.8. The van der Waals surface area contributed by atoms with Gasteiger partial charge in [0.25, 0.3) is 0 Å². The molecule has 0 spiro atoms. The molecule has 8 nitrogen and oxygen atoms in total. The highest BCUT2D eigenvalue weighted by atomic mass is 32.2. The highest BCUT2D eigenvalue weighted by Crippen LogP contribution is 2.33. The van der Waals surface area contributed by atoms with Crippen LogP contribution in [-0.2, 0) is 22.2 Å². The number of hydrogen-bond acceptors (Lipinski definition) is 6. The number of halogens is 2. The summed E-state index contributed by atoms with van der Waals surface area (Å²) in [6.07, 6.45) is 2.71. The van der Waals surface area contributed by atoms with Crippen LogP contribution in [0.1, 0.15) is 18.1 Å². The first kappa shape index (κ1) is 24.4. The maximum Gasteiger partial charge on any atom is 0.243 e. The van der Waals surface area contributed by atoms with E-state index in [1.807, 2.05) is 11.8 Å². The minimum atomic E-state index is -3.65. The summed E-state index contributed by atoms with van der Waals surface area (Å²) in [6.45, 7) is 4.60. The molecule has 2 aromatic carbocycles. The van der Waals surface area contributed by atoms with Gasteiger partial charge in [-0.15, -0.1) is 0 Å². The molecule has 0 aliphatic carbocycles. The number of aryl methyl sites for hydroxylation is 1. The monoisotopic (exact) mass is 491 g/mol. The fraction of sp³-hybridized carbons (Fsp3) is 0.391. The lowest BCUT2D eigenvalue weighted by Crippen LogP contribution is -2.58. The van der Waals surface area contributed by atoms with E-state index in [0.29, 0.717) is 13.1 Å². The van der Waals surface area contributed by atoms with Gasteiger partial charge in [-0.2, -0.15) is 9.40 Å². The van der Waals surface area contributed by atoms with Crippen molar-refractivity contribution in [2.24, 2.45) is 0 Å². The van der Waals surface area contributed by atoms with Gasteiger partial charge in [0.05, 0.1) is 11.4 Å². The molecule has 1 fully saturated rings. The number of aromatic nitrogens is 3. The van der Waals surface area contributed by atoms with Crippen molar-refractivity contribution < 1.29 is 22.3 Å². The van der Waals surface area contributed by atoms with E-state index >= 15 is 0 Å². The van der Waals surface area contributed by atoms with Gasteiger partial charge in [-0.3, -0.25) is 4.90 Å². The van der Waals surface area contributed by atoms with Gasteiger partial charge in [-0.1, -0.05) is 23.8 Å². The molecule has 0 saturated carbocycles. The van der Waals surface area contributed by atoms with Gasteiger partial charge in [0, 0.05) is 43.9 Å². The van der Waals surface area contributed by atoms with Crippen molar-refractivity contribution in [2.75, 3.05) is 26.2 Å². The zero-order chi connectivity index (χ0) is 24.5. The zero-order valence-corrected chi connectivity index (χ0v) is 19.8. The highest BCUT2D eigenvalue weighted by molar-refractivity contribution is 7.89. The van der Waals surface area contributed by atoms with Gasteiger partial charge < -0.3 is 5.11 Å². The molecule has 0 amide bonds. The van der Waals surface area contributed by atoms with Crippen LogP contribution in [0.3, 0.4) is 0 Å². The second-order valence-electron chi connectivity index (χ2n) is 8.57. The molecule has 0 bridgehead atoms. The Labute approximate surface area is 197 Å². The smallest absolute Gasteiger partial charge is 0.243 e. The van der Waals surface area contributed by atoms with Gasteiger partial charge in [-0.25, -0.2) is 26.9 Å². The summed E-state index contributed by atoms with van der Waals surface area (Å²) in [6, 6.07) is 9.13. The third kappa shape index (κ3) is 4.74. The lowest BCUT2D eigenvalue weighted by Gasteiger charge is -2.44. The maximum absolute atomic E-state index is 14.8. The van der Waals surface area contributed by atoms with E-state index in [1.165, 1.54) is 27.7 Å². The van der Waals surface area contributed by atoms with E-state index in [2.05, 4.69) is 10.1 Å². The predicted molar refractivity (Wildman–Crippen MR) is 121 cm³/mol. The normalized spacial score (nSPS) is 18.5. The third-order valence-corrected chi connectivity index (χ3v) is 8.35. The molecule has 182 valence electrons. The molecule has 2 heterocycles. The molecule has 3 aromatic rings. The van der Waals surface area contributed by atoms with Crippen LogP contribution in [0.15, 0.2) is 60.0 Å². The number of sulfonamides is 1. The largest absolute Gasteiger partial charge is 0.381 e. The summed E-state index contributed by atoms with van der Waals surface area (Å²) in [4.78, 5) is 6.02. The zero-order valence-electron chi connectivity index (χ0n) is 19.0. The van der Waals surface area contributed by atoms with Crippen LogP contribution >= 0.6 is 0 Å². The van der Waals surface area contributed by atoms with Crippen molar-refractivity contribution in [1.82, 2.24) is 24.0 Å². The lowest BCUT2D eigenvalue weighted by atomic mass is 9.85. The van der Waals surface area contributed by atoms with Crippen molar-refractivity contribution >= 4 is 10.0 Å². The van der Waals surface area contributed by atoms with Gasteiger partial charge in [-0.05, 0) is 32.0 Å². The van der Waals surface area contributed by atoms with Crippen LogP contribution in [0.4, 0.5) is 8.78 Å². The van der Waals surface area contributed by atoms with E-state index in [9.17, 15) is 22.3 Å². The predicted octanol–water partition coefficient (Wildman–Crippen LogP) is 2.15. The Bertz CT molecular complexity index is 1230. The Hall–Kier alpha value is -2.73. The van der Waals surface area contributed by atoms with Crippen molar-refractivity contribution in [2.45, 2.75) is 36.9 Å². The van der Waals surface area contributed by atoms with Crippen molar-refractivity contribution in [3.63, 3.8) is 0 Å². The molecule has 1 saturated heterocycles. The molecule has 4 rings (SSSR count). The molecule has 2 atom stereocenters. The Balaban J connectivity index is 1.56. The van der Waals surface area contributed by atoms with E-state index in [0.717, 1.165) is 17.7 Å². The second kappa shape index (κ2) is 9.49. The molecule has 0 radical (unpaired) electrons. The van der Waals surface area contributed by atoms with Crippen LogP contribution in [0.25, 0.3) is 0 Å². The summed E-state index contributed by atoms with van der Waals surface area (Å²) >= 11 is 0. The Morgan fingerprint density at radius 1 is 1.09 bits per heavy atom. The molecule has 0 unspecified atom stereocenters. The molecule has 34 heavy (non-hydrogen) atoms. The standard InChI is InChI=1S/C23H27F2N5O3S/c1-17-3-6-20(7-4-17)34(32,33)30-11-9-28(10-12-30)18(2)23(31,14-29-16-26-15-27-29)21-8-5-19(24)13-22(21)25/h3-8,13,15-16,18,31H,9-12,14H2,1-2H3/t18-,23-/m1/s1. The van der Waals surface area contributed by atoms with Crippen molar-refractivity contribution in [3.8, 4) is 0 Å². The number of piperazine rings is 1. The van der Waals surface area contributed by atoms with Gasteiger partial charge in [0.2, 0.25) is 10.0 Å². The number of rotatable bonds is 7. The summed E-state index contributed by atoms with van der Waals surface area (Å²) in [7, 11) is -3.65. The van der Waals surface area contributed by atoms with Crippen LogP contribution < -0.4 is 0 Å². The number of nitrogens with zero attached hydrogens (tertiary/aromatic N) is 5. The number of aliphatic hydroxyl groups is 1. The highest BCUT2D eigenvalue weighted by Gasteiger charge is 2.43. The van der Waals surface area contributed by atoms with E-state index in [-0.39, 0.29) is 30.1 Å². The van der Waals surface area contributed by atoms with E-state index in [1.54, 1.807) is 31.2 Å². The second-order valence-corrected chi connectivity index (χ2v) is 10.5. The molecule has 11 heteroatoms. The number of benzene rings is 2. The van der Waals surface area contributed by atoms with Crippen LogP contribution in [0.2, 0.25) is 0 Å². The van der Waals surface area contributed by atoms with Crippen molar-refractivity contribution in [3.05, 3.63) is 77.9 Å². The molecule has 1 N–H and O–H groups in total. The summed E-state index contributed by atoms with van der Waals surface area (Å²) in [5.41, 5.74) is -0.868. The fourth-order valence-electron chi connectivity index (χ4n) is 4.34. The Kier molecular flexibility index (Phi) is 6.81. The Morgan fingerprint density at radius 2 is 1.76 bits per heavy atom. The molecular weight excluding hydrogens is 464 g/mol. The summed E-state index contributed by atoms with van der Waals surface area (Å²) < 4.78 is 57.2. The van der Waals surface area contributed by atoms with Crippen molar-refractivity contribution in [1.29, 1.82) is 0 Å².